The molecule has 0 bridgehead atoms. The van der Waals surface area contributed by atoms with Gasteiger partial charge in [-0.2, -0.15) is 0 Å². The highest BCUT2D eigenvalue weighted by Gasteiger charge is 2.12. The van der Waals surface area contributed by atoms with E-state index in [-0.39, 0.29) is 17.5 Å². The molecule has 20 heavy (non-hydrogen) atoms. The fourth-order valence-corrected chi connectivity index (χ4v) is 1.92. The average Bonchev–Trinajstić information content (AvgIpc) is 2.84. The third kappa shape index (κ3) is 3.82. The summed E-state index contributed by atoms with van der Waals surface area (Å²) in [5, 5.41) is 2.74. The number of nitrogens with one attached hydrogen (secondary N) is 1. The summed E-state index contributed by atoms with van der Waals surface area (Å²) in [6.07, 6.45) is 1.44. The Morgan fingerprint density at radius 3 is 2.60 bits per heavy atom. The molecule has 0 spiro atoms. The normalized spacial score (nSPS) is 10.1. The van der Waals surface area contributed by atoms with Crippen LogP contribution in [0.5, 0.6) is 5.75 Å². The predicted octanol–water partition coefficient (Wildman–Crippen LogP) is 2.96. The number of nitrogens with two attached hydrogens (primary N) is 1. The molecule has 7 heteroatoms. The third-order valence-corrected chi connectivity index (χ3v) is 3.09. The van der Waals surface area contributed by atoms with E-state index < -0.39 is 0 Å². The highest BCUT2D eigenvalue weighted by molar-refractivity contribution is 9.10. The maximum absolute atomic E-state index is 11.9. The van der Waals surface area contributed by atoms with Crippen LogP contribution in [0.25, 0.3) is 0 Å². The number of thiocarbonyl (C=S) groups is 1. The first-order valence-electron chi connectivity index (χ1n) is 5.62. The molecule has 0 saturated heterocycles. The van der Waals surface area contributed by atoms with Crippen LogP contribution in [-0.4, -0.2) is 17.5 Å². The van der Waals surface area contributed by atoms with Gasteiger partial charge in [-0.1, -0.05) is 12.2 Å². The van der Waals surface area contributed by atoms with E-state index in [0.717, 1.165) is 0 Å². The molecule has 3 N–H and O–H groups in total. The molecule has 2 aromatic rings. The summed E-state index contributed by atoms with van der Waals surface area (Å²) in [5.41, 5.74) is 6.41. The Hall–Kier alpha value is -1.86. The van der Waals surface area contributed by atoms with Gasteiger partial charge >= 0.3 is 0 Å². The molecular formula is C13H11BrN2O3S. The second-order valence-electron chi connectivity index (χ2n) is 3.84. The van der Waals surface area contributed by atoms with Gasteiger partial charge in [-0.05, 0) is 46.3 Å². The topological polar surface area (TPSA) is 77.5 Å². The van der Waals surface area contributed by atoms with Gasteiger partial charge in [-0.3, -0.25) is 4.79 Å². The van der Waals surface area contributed by atoms with E-state index in [0.29, 0.717) is 21.7 Å². The molecule has 0 fully saturated rings. The lowest BCUT2D eigenvalue weighted by Gasteiger charge is -2.07. The minimum atomic E-state index is -0.262. The summed E-state index contributed by atoms with van der Waals surface area (Å²) >= 11 is 7.87. The zero-order valence-electron chi connectivity index (χ0n) is 10.3. The number of anilines is 1. The van der Waals surface area contributed by atoms with Crippen LogP contribution in [0, 0.1) is 0 Å². The lowest BCUT2D eigenvalue weighted by atomic mass is 10.2. The van der Waals surface area contributed by atoms with Gasteiger partial charge in [0.15, 0.2) is 4.67 Å². The zero-order valence-corrected chi connectivity index (χ0v) is 12.7. The minimum absolute atomic E-state index is 0.184. The van der Waals surface area contributed by atoms with Crippen molar-refractivity contribution in [1.29, 1.82) is 0 Å². The van der Waals surface area contributed by atoms with Gasteiger partial charge in [0, 0.05) is 5.69 Å². The number of carbonyl (C=O) groups is 1. The molecule has 1 heterocycles. The van der Waals surface area contributed by atoms with E-state index >= 15 is 0 Å². The maximum Gasteiger partial charge on any atom is 0.260 e. The Labute approximate surface area is 129 Å². The molecule has 0 aliphatic rings. The first-order valence-corrected chi connectivity index (χ1v) is 6.82. The van der Waals surface area contributed by atoms with Gasteiger partial charge < -0.3 is 20.2 Å². The van der Waals surface area contributed by atoms with Crippen molar-refractivity contribution in [3.63, 3.8) is 0 Å². The Kier molecular flexibility index (Phi) is 4.75. The van der Waals surface area contributed by atoms with Crippen LogP contribution in [0.4, 0.5) is 5.69 Å². The van der Waals surface area contributed by atoms with Crippen molar-refractivity contribution in [1.82, 2.24) is 0 Å². The lowest BCUT2D eigenvalue weighted by molar-refractivity contribution is 0.102. The molecule has 2 rings (SSSR count). The Balaban J connectivity index is 1.99. The lowest BCUT2D eigenvalue weighted by Crippen LogP contribution is -2.17. The van der Waals surface area contributed by atoms with E-state index in [1.54, 1.807) is 30.3 Å². The highest BCUT2D eigenvalue weighted by atomic mass is 79.9. The van der Waals surface area contributed by atoms with Crippen LogP contribution in [0.3, 0.4) is 0 Å². The van der Waals surface area contributed by atoms with Crippen LogP contribution in [0.2, 0.25) is 0 Å². The molecule has 5 nitrogen and oxygen atoms in total. The fraction of sp³-hybridized carbons (Fsp3) is 0.0769. The summed E-state index contributed by atoms with van der Waals surface area (Å²) in [5.74, 6) is 0.364. The highest BCUT2D eigenvalue weighted by Crippen LogP contribution is 2.20. The van der Waals surface area contributed by atoms with E-state index in [9.17, 15) is 4.79 Å². The van der Waals surface area contributed by atoms with E-state index in [1.165, 1.54) is 6.26 Å². The fourth-order valence-electron chi connectivity index (χ4n) is 1.44. The molecule has 0 radical (unpaired) electrons. The van der Waals surface area contributed by atoms with Crippen molar-refractivity contribution in [3.8, 4) is 5.75 Å². The number of hydrogen-bond acceptors (Lipinski definition) is 4. The van der Waals surface area contributed by atoms with Gasteiger partial charge in [-0.15, -0.1) is 0 Å². The van der Waals surface area contributed by atoms with Crippen molar-refractivity contribution in [2.24, 2.45) is 5.73 Å². The average molecular weight is 355 g/mol. The Morgan fingerprint density at radius 2 is 2.05 bits per heavy atom. The van der Waals surface area contributed by atoms with Gasteiger partial charge in [0.25, 0.3) is 5.91 Å². The second-order valence-corrected chi connectivity index (χ2v) is 5.09. The summed E-state index contributed by atoms with van der Waals surface area (Å²) in [7, 11) is 0. The van der Waals surface area contributed by atoms with Crippen LogP contribution in [-0.2, 0) is 0 Å². The van der Waals surface area contributed by atoms with E-state index in [1.807, 2.05) is 0 Å². The number of rotatable bonds is 5. The number of amides is 1. The molecule has 0 unspecified atom stereocenters. The SMILES string of the molecule is NC(=S)COc1ccc(NC(=O)c2ccoc2Br)cc1. The first-order chi connectivity index (χ1) is 9.56. The smallest absolute Gasteiger partial charge is 0.260 e. The molecule has 104 valence electrons. The van der Waals surface area contributed by atoms with Crippen LogP contribution in [0.1, 0.15) is 10.4 Å². The van der Waals surface area contributed by atoms with E-state index in [2.05, 4.69) is 21.2 Å². The van der Waals surface area contributed by atoms with Crippen LogP contribution >= 0.6 is 28.1 Å². The number of hydrogen-bond donors (Lipinski definition) is 2. The van der Waals surface area contributed by atoms with Gasteiger partial charge in [-0.25, -0.2) is 0 Å². The zero-order chi connectivity index (χ0) is 14.5. The predicted molar refractivity (Wildman–Crippen MR) is 83.1 cm³/mol. The molecule has 1 aromatic carbocycles. The number of ether oxygens (including phenoxy) is 1. The van der Waals surface area contributed by atoms with Crippen molar-refractivity contribution >= 4 is 44.7 Å². The van der Waals surface area contributed by atoms with Crippen molar-refractivity contribution in [3.05, 3.63) is 46.8 Å². The number of halogens is 1. The first kappa shape index (κ1) is 14.5. The quantitative estimate of drug-likeness (QED) is 0.807. The molecule has 0 aliphatic carbocycles. The van der Waals surface area contributed by atoms with Gasteiger partial charge in [0.05, 0.1) is 11.8 Å². The largest absolute Gasteiger partial charge is 0.487 e. The molecule has 1 aromatic heterocycles. The van der Waals surface area contributed by atoms with Gasteiger partial charge in [0.1, 0.15) is 17.3 Å². The number of benzene rings is 1. The summed E-state index contributed by atoms with van der Waals surface area (Å²) in [6, 6.07) is 8.47. The molecule has 0 atom stereocenters. The Bertz CT molecular complexity index is 625. The molecule has 1 amide bonds. The van der Waals surface area contributed by atoms with Crippen molar-refractivity contribution in [2.45, 2.75) is 0 Å². The van der Waals surface area contributed by atoms with E-state index in [4.69, 9.17) is 27.1 Å². The summed E-state index contributed by atoms with van der Waals surface area (Å²) in [4.78, 5) is 12.2. The molecule has 0 aliphatic heterocycles. The van der Waals surface area contributed by atoms with Crippen LogP contribution < -0.4 is 15.8 Å². The molecular weight excluding hydrogens is 344 g/mol. The summed E-state index contributed by atoms with van der Waals surface area (Å²) in [6.45, 7) is 0.184. The second kappa shape index (κ2) is 6.53. The standard InChI is InChI=1S/C13H11BrN2O3S/c14-12-10(5-6-18-12)13(17)16-8-1-3-9(4-2-8)19-7-11(15)20/h1-6H,7H2,(H2,15,20)(H,16,17). The van der Waals surface area contributed by atoms with Crippen molar-refractivity contribution in [2.75, 3.05) is 11.9 Å². The Morgan fingerprint density at radius 1 is 1.35 bits per heavy atom. The molecule has 0 saturated carbocycles. The third-order valence-electron chi connectivity index (χ3n) is 2.36. The van der Waals surface area contributed by atoms with Crippen LogP contribution in [0.15, 0.2) is 45.7 Å². The number of carbonyl (C=O) groups excluding carboxylic acids is 1. The van der Waals surface area contributed by atoms with Gasteiger partial charge in [0.2, 0.25) is 0 Å². The minimum Gasteiger partial charge on any atom is -0.487 e. The van der Waals surface area contributed by atoms with Crippen molar-refractivity contribution < 1.29 is 13.9 Å². The number of furan rings is 1. The maximum atomic E-state index is 11.9. The monoisotopic (exact) mass is 354 g/mol. The summed E-state index contributed by atoms with van der Waals surface area (Å²) < 4.78 is 10.7.